The van der Waals surface area contributed by atoms with Crippen LogP contribution in [0.5, 0.6) is 5.75 Å². The smallest absolute Gasteiger partial charge is 0.138 e. The molecule has 0 atom stereocenters. The fourth-order valence-corrected chi connectivity index (χ4v) is 3.09. The van der Waals surface area contributed by atoms with E-state index in [1.165, 1.54) is 24.8 Å². The Hall–Kier alpha value is -0.730. The van der Waals surface area contributed by atoms with Crippen molar-refractivity contribution in [2.75, 3.05) is 13.2 Å². The summed E-state index contributed by atoms with van der Waals surface area (Å²) in [6.07, 6.45) is 6.14. The Morgan fingerprint density at radius 2 is 2.11 bits per heavy atom. The summed E-state index contributed by atoms with van der Waals surface area (Å²) in [7, 11) is 0. The van der Waals surface area contributed by atoms with Crippen molar-refractivity contribution in [2.24, 2.45) is 11.7 Å². The third-order valence-corrected chi connectivity index (χ3v) is 4.80. The summed E-state index contributed by atoms with van der Waals surface area (Å²) in [5.74, 6) is 1.58. The summed E-state index contributed by atoms with van der Waals surface area (Å²) in [6.45, 7) is 1.48. The van der Waals surface area contributed by atoms with Crippen molar-refractivity contribution in [2.45, 2.75) is 37.5 Å². The molecule has 2 N–H and O–H groups in total. The number of rotatable bonds is 5. The van der Waals surface area contributed by atoms with Gasteiger partial charge in [0.1, 0.15) is 5.75 Å². The minimum Gasteiger partial charge on any atom is -0.492 e. The van der Waals surface area contributed by atoms with E-state index < -0.39 is 0 Å². The molecule has 18 heavy (non-hydrogen) atoms. The molecule has 0 radical (unpaired) electrons. The van der Waals surface area contributed by atoms with Gasteiger partial charge in [-0.2, -0.15) is 0 Å². The first-order chi connectivity index (χ1) is 8.75. The van der Waals surface area contributed by atoms with E-state index in [1.807, 2.05) is 12.1 Å². The van der Waals surface area contributed by atoms with E-state index in [0.717, 1.165) is 36.1 Å². The van der Waals surface area contributed by atoms with Crippen LogP contribution < -0.4 is 10.5 Å². The predicted molar refractivity (Wildman–Crippen MR) is 74.3 cm³/mol. The highest BCUT2D eigenvalue weighted by Gasteiger charge is 2.39. The highest BCUT2D eigenvalue weighted by atomic mass is 35.5. The molecule has 0 spiro atoms. The van der Waals surface area contributed by atoms with Crippen LogP contribution in [0, 0.1) is 5.92 Å². The number of halogens is 1. The molecule has 1 aromatic carbocycles. The summed E-state index contributed by atoms with van der Waals surface area (Å²) in [6, 6.07) is 6.12. The van der Waals surface area contributed by atoms with Crippen LogP contribution in [0.3, 0.4) is 0 Å². The van der Waals surface area contributed by atoms with E-state index in [4.69, 9.17) is 22.1 Å². The Balaban J connectivity index is 1.83. The zero-order valence-corrected chi connectivity index (χ0v) is 11.4. The SMILES string of the molecule is NCC1(c2cccc(OCC3CC3)c2Cl)CCC1. The largest absolute Gasteiger partial charge is 0.492 e. The Morgan fingerprint density at radius 1 is 1.33 bits per heavy atom. The van der Waals surface area contributed by atoms with E-state index in [1.54, 1.807) is 0 Å². The number of ether oxygens (including phenoxy) is 1. The van der Waals surface area contributed by atoms with Gasteiger partial charge >= 0.3 is 0 Å². The van der Waals surface area contributed by atoms with Gasteiger partial charge in [0.2, 0.25) is 0 Å². The molecule has 0 amide bonds. The fraction of sp³-hybridized carbons (Fsp3) is 0.600. The summed E-state index contributed by atoms with van der Waals surface area (Å²) in [4.78, 5) is 0. The molecule has 0 heterocycles. The average Bonchev–Trinajstić information content (AvgIpc) is 3.13. The Labute approximate surface area is 113 Å². The molecule has 0 aliphatic heterocycles. The maximum Gasteiger partial charge on any atom is 0.138 e. The maximum atomic E-state index is 6.51. The van der Waals surface area contributed by atoms with E-state index in [2.05, 4.69) is 6.07 Å². The van der Waals surface area contributed by atoms with Crippen molar-refractivity contribution >= 4 is 11.6 Å². The summed E-state index contributed by atoms with van der Waals surface area (Å²) in [5.41, 5.74) is 7.25. The molecule has 3 heteroatoms. The number of hydrogen-bond acceptors (Lipinski definition) is 2. The van der Waals surface area contributed by atoms with Gasteiger partial charge < -0.3 is 10.5 Å². The molecule has 2 fully saturated rings. The Kier molecular flexibility index (Phi) is 3.25. The first kappa shape index (κ1) is 12.3. The van der Waals surface area contributed by atoms with Crippen molar-refractivity contribution in [1.82, 2.24) is 0 Å². The predicted octanol–water partition coefficient (Wildman–Crippen LogP) is 3.51. The van der Waals surface area contributed by atoms with Gasteiger partial charge in [0.15, 0.2) is 0 Å². The van der Waals surface area contributed by atoms with Crippen LogP contribution in [0.2, 0.25) is 5.02 Å². The number of hydrogen-bond donors (Lipinski definition) is 1. The van der Waals surface area contributed by atoms with Crippen LogP contribution in [-0.2, 0) is 5.41 Å². The van der Waals surface area contributed by atoms with Crippen molar-refractivity contribution in [3.05, 3.63) is 28.8 Å². The van der Waals surface area contributed by atoms with Crippen LogP contribution in [-0.4, -0.2) is 13.2 Å². The second kappa shape index (κ2) is 4.75. The molecule has 3 rings (SSSR count). The Bertz CT molecular complexity index is 433. The van der Waals surface area contributed by atoms with Crippen LogP contribution in [0.15, 0.2) is 18.2 Å². The van der Waals surface area contributed by atoms with E-state index >= 15 is 0 Å². The lowest BCUT2D eigenvalue weighted by atomic mass is 9.64. The first-order valence-corrected chi connectivity index (χ1v) is 7.25. The maximum absolute atomic E-state index is 6.51. The van der Waals surface area contributed by atoms with E-state index in [-0.39, 0.29) is 5.41 Å². The summed E-state index contributed by atoms with van der Waals surface area (Å²) >= 11 is 6.51. The zero-order valence-electron chi connectivity index (χ0n) is 10.6. The minimum atomic E-state index is 0.107. The zero-order chi connectivity index (χ0) is 12.6. The first-order valence-electron chi connectivity index (χ1n) is 6.87. The van der Waals surface area contributed by atoms with Gasteiger partial charge in [-0.15, -0.1) is 0 Å². The monoisotopic (exact) mass is 265 g/mol. The fourth-order valence-electron chi connectivity index (χ4n) is 2.71. The number of nitrogens with two attached hydrogens (primary N) is 1. The molecule has 0 aromatic heterocycles. The third kappa shape index (κ3) is 2.12. The van der Waals surface area contributed by atoms with Crippen molar-refractivity contribution in [1.29, 1.82) is 0 Å². The second-order valence-corrected chi connectivity index (χ2v) is 6.09. The van der Waals surface area contributed by atoms with Gasteiger partial charge in [-0.1, -0.05) is 30.2 Å². The van der Waals surface area contributed by atoms with Gasteiger partial charge in [-0.3, -0.25) is 0 Å². The molecular weight excluding hydrogens is 246 g/mol. The topological polar surface area (TPSA) is 35.2 Å². The minimum absolute atomic E-state index is 0.107. The summed E-state index contributed by atoms with van der Waals surface area (Å²) in [5, 5.41) is 0.781. The van der Waals surface area contributed by atoms with E-state index in [9.17, 15) is 0 Å². The molecule has 2 aliphatic carbocycles. The van der Waals surface area contributed by atoms with E-state index in [0.29, 0.717) is 6.54 Å². The van der Waals surface area contributed by atoms with Gasteiger partial charge in [-0.05, 0) is 43.2 Å². The quantitative estimate of drug-likeness (QED) is 0.884. The molecule has 1 aromatic rings. The van der Waals surface area contributed by atoms with Gasteiger partial charge in [0.05, 0.1) is 11.6 Å². The molecule has 0 unspecified atom stereocenters. The van der Waals surface area contributed by atoms with Crippen molar-refractivity contribution in [3.8, 4) is 5.75 Å². The average molecular weight is 266 g/mol. The van der Waals surface area contributed by atoms with Crippen LogP contribution in [0.4, 0.5) is 0 Å². The molecule has 0 saturated heterocycles. The lowest BCUT2D eigenvalue weighted by Gasteiger charge is -2.42. The standard InChI is InChI=1S/C15H20ClNO/c16-14-12(15(10-17)7-2-8-15)3-1-4-13(14)18-9-11-5-6-11/h1,3-4,11H,2,5-10,17H2. The highest BCUT2D eigenvalue weighted by Crippen LogP contribution is 2.47. The molecule has 2 aliphatic rings. The highest BCUT2D eigenvalue weighted by molar-refractivity contribution is 6.33. The van der Waals surface area contributed by atoms with Gasteiger partial charge in [0.25, 0.3) is 0 Å². The van der Waals surface area contributed by atoms with Gasteiger partial charge in [0, 0.05) is 12.0 Å². The molecular formula is C15H20ClNO. The lowest BCUT2D eigenvalue weighted by Crippen LogP contribution is -2.41. The number of benzene rings is 1. The summed E-state index contributed by atoms with van der Waals surface area (Å²) < 4.78 is 5.84. The van der Waals surface area contributed by atoms with Crippen molar-refractivity contribution < 1.29 is 4.74 Å². The molecule has 0 bridgehead atoms. The molecule has 2 nitrogen and oxygen atoms in total. The lowest BCUT2D eigenvalue weighted by molar-refractivity contribution is 0.250. The third-order valence-electron chi connectivity index (χ3n) is 4.41. The molecule has 98 valence electrons. The molecule has 2 saturated carbocycles. The van der Waals surface area contributed by atoms with Crippen LogP contribution >= 0.6 is 11.6 Å². The van der Waals surface area contributed by atoms with Gasteiger partial charge in [-0.25, -0.2) is 0 Å². The second-order valence-electron chi connectivity index (χ2n) is 5.71. The Morgan fingerprint density at radius 3 is 2.67 bits per heavy atom. The van der Waals surface area contributed by atoms with Crippen molar-refractivity contribution in [3.63, 3.8) is 0 Å². The normalized spacial score (nSPS) is 21.4. The van der Waals surface area contributed by atoms with Crippen LogP contribution in [0.25, 0.3) is 0 Å². The van der Waals surface area contributed by atoms with Crippen LogP contribution in [0.1, 0.15) is 37.7 Å².